The number of thiophene rings is 1. The Morgan fingerprint density at radius 3 is 2.83 bits per heavy atom. The van der Waals surface area contributed by atoms with Crippen LogP contribution in [-0.2, 0) is 23.0 Å². The van der Waals surface area contributed by atoms with Crippen LogP contribution in [0.5, 0.6) is 5.88 Å². The van der Waals surface area contributed by atoms with Gasteiger partial charge in [-0.05, 0) is 77.4 Å². The maximum Gasteiger partial charge on any atom is 0.320 e. The molecule has 4 aromatic rings. The summed E-state index contributed by atoms with van der Waals surface area (Å²) in [6.07, 6.45) is 9.05. The van der Waals surface area contributed by atoms with Crippen LogP contribution in [0, 0.1) is 11.3 Å². The molecule has 6 heterocycles. The molecule has 1 spiro atoms. The number of ether oxygens (including phenoxy) is 2. The fourth-order valence-corrected chi connectivity index (χ4v) is 9.06. The fraction of sp³-hybridized carbons (Fsp3) is 0.515. The van der Waals surface area contributed by atoms with Gasteiger partial charge in [-0.2, -0.15) is 10.2 Å². The number of nitrogen functional groups attached to an aromatic ring is 1. The standard InChI is InChI=1S/C33H38N10O4S/c1-18(22-7-5-12-42(22)2)46-26-14-25(43-13-9-24(40-43)37-32(44)36-19-16-45-17-19)38-31(39-26)28-20-6-3-10-33(29(20)41-47-28)11-4-8-23-27(33)21(15-34)30(35)48-23/h9,13-14,18-19,22H,3-8,10-12,16-17,35H2,1-2H3,(H2,36,37,40,44)/t18-,22-,33?/m0/s1. The lowest BCUT2D eigenvalue weighted by Crippen LogP contribution is -2.50. The van der Waals surface area contributed by atoms with Crippen LogP contribution in [0.25, 0.3) is 17.4 Å². The van der Waals surface area contributed by atoms with Gasteiger partial charge in [0.1, 0.15) is 17.2 Å². The molecule has 2 aliphatic heterocycles. The van der Waals surface area contributed by atoms with Crippen molar-refractivity contribution in [3.8, 4) is 29.4 Å². The summed E-state index contributed by atoms with van der Waals surface area (Å²) >= 11 is 1.52. The van der Waals surface area contributed by atoms with Gasteiger partial charge in [0.05, 0.1) is 30.5 Å². The van der Waals surface area contributed by atoms with Gasteiger partial charge < -0.3 is 25.0 Å². The topological polar surface area (TPSA) is 182 Å². The van der Waals surface area contributed by atoms with E-state index >= 15 is 0 Å². The Kier molecular flexibility index (Phi) is 7.81. The van der Waals surface area contributed by atoms with Crippen molar-refractivity contribution >= 4 is 28.2 Å². The summed E-state index contributed by atoms with van der Waals surface area (Å²) in [7, 11) is 2.12. The Labute approximate surface area is 281 Å². The molecule has 3 atom stereocenters. The van der Waals surface area contributed by atoms with Gasteiger partial charge in [0, 0.05) is 40.2 Å². The summed E-state index contributed by atoms with van der Waals surface area (Å²) in [6.45, 7) is 4.09. The third kappa shape index (κ3) is 5.28. The number of carbonyl (C=O) groups is 1. The number of likely N-dealkylation sites (tertiary alicyclic amines) is 1. The number of amides is 2. The Bertz CT molecular complexity index is 1900. The van der Waals surface area contributed by atoms with E-state index in [2.05, 4.69) is 40.7 Å². The number of anilines is 2. The summed E-state index contributed by atoms with van der Waals surface area (Å²) in [4.78, 5) is 25.7. The Morgan fingerprint density at radius 1 is 1.25 bits per heavy atom. The lowest BCUT2D eigenvalue weighted by Gasteiger charge is -2.39. The number of nitrogens with zero attached hydrogens (tertiary/aromatic N) is 7. The first-order valence-corrected chi connectivity index (χ1v) is 17.4. The van der Waals surface area contributed by atoms with Crippen molar-refractivity contribution in [1.82, 2.24) is 35.1 Å². The molecular weight excluding hydrogens is 632 g/mol. The normalized spacial score (nSPS) is 22.8. The first-order valence-electron chi connectivity index (χ1n) is 16.6. The van der Waals surface area contributed by atoms with Crippen molar-refractivity contribution in [2.45, 2.75) is 81.9 Å². The molecule has 0 aromatic carbocycles. The van der Waals surface area contributed by atoms with Gasteiger partial charge in [0.25, 0.3) is 0 Å². The highest BCUT2D eigenvalue weighted by atomic mass is 32.1. The van der Waals surface area contributed by atoms with E-state index in [1.54, 1.807) is 23.0 Å². The minimum absolute atomic E-state index is 0.00660. The highest BCUT2D eigenvalue weighted by molar-refractivity contribution is 7.16. The van der Waals surface area contributed by atoms with E-state index in [9.17, 15) is 10.1 Å². The number of carbonyl (C=O) groups excluding carboxylic acids is 1. The predicted octanol–water partition coefficient (Wildman–Crippen LogP) is 4.17. The van der Waals surface area contributed by atoms with Gasteiger partial charge >= 0.3 is 6.03 Å². The van der Waals surface area contributed by atoms with Crippen LogP contribution in [0.4, 0.5) is 15.6 Å². The third-order valence-corrected chi connectivity index (χ3v) is 11.3. The smallest absolute Gasteiger partial charge is 0.320 e. The van der Waals surface area contributed by atoms with Gasteiger partial charge in [-0.1, -0.05) is 5.16 Å². The van der Waals surface area contributed by atoms with E-state index < -0.39 is 5.41 Å². The number of nitriles is 1. The van der Waals surface area contributed by atoms with Crippen molar-refractivity contribution in [3.05, 3.63) is 45.6 Å². The fourth-order valence-electron chi connectivity index (χ4n) is 7.90. The number of fused-ring (bicyclic) bond motifs is 4. The molecular formula is C33H38N10O4S. The molecule has 4 N–H and O–H groups in total. The number of rotatable bonds is 7. The zero-order valence-electron chi connectivity index (χ0n) is 27.0. The molecule has 4 aromatic heterocycles. The van der Waals surface area contributed by atoms with Crippen LogP contribution in [0.2, 0.25) is 0 Å². The minimum atomic E-state index is -0.435. The molecule has 250 valence electrons. The molecule has 8 rings (SSSR count). The van der Waals surface area contributed by atoms with Crippen molar-refractivity contribution < 1.29 is 18.8 Å². The molecule has 48 heavy (non-hydrogen) atoms. The summed E-state index contributed by atoms with van der Waals surface area (Å²) < 4.78 is 19.4. The SMILES string of the molecule is C[C@H](Oc1cc(-n2ccc(NC(=O)NC3COC3)n2)nc(-c2onc3c2CCCC32CCCc3sc(N)c(C#N)c32)n1)[C@@H]1CCCN1C. The Hall–Kier alpha value is -4.52. The number of likely N-dealkylation sites (N-methyl/N-ethyl adjacent to an activating group) is 1. The molecule has 2 saturated heterocycles. The molecule has 2 fully saturated rings. The van der Waals surface area contributed by atoms with E-state index in [1.807, 2.05) is 0 Å². The average molecular weight is 671 g/mol. The van der Waals surface area contributed by atoms with Gasteiger partial charge in [-0.3, -0.25) is 10.2 Å². The zero-order chi connectivity index (χ0) is 33.0. The second-order valence-electron chi connectivity index (χ2n) is 13.3. The molecule has 4 aliphatic rings. The number of hydrogen-bond donors (Lipinski definition) is 3. The third-order valence-electron chi connectivity index (χ3n) is 10.2. The van der Waals surface area contributed by atoms with Crippen molar-refractivity contribution in [2.75, 3.05) is 37.9 Å². The number of urea groups is 1. The Balaban J connectivity index is 1.17. The summed E-state index contributed by atoms with van der Waals surface area (Å²) in [6, 6.07) is 5.75. The summed E-state index contributed by atoms with van der Waals surface area (Å²) in [5, 5.41) is 25.6. The molecule has 2 amide bonds. The zero-order valence-corrected chi connectivity index (χ0v) is 27.8. The number of hydrogen-bond acceptors (Lipinski definition) is 12. The molecule has 0 bridgehead atoms. The summed E-state index contributed by atoms with van der Waals surface area (Å²) in [5.41, 5.74) is 9.32. The van der Waals surface area contributed by atoms with E-state index in [0.29, 0.717) is 52.9 Å². The minimum Gasteiger partial charge on any atom is -0.473 e. The second kappa shape index (κ2) is 12.2. The molecule has 0 radical (unpaired) electrons. The van der Waals surface area contributed by atoms with Gasteiger partial charge in [0.15, 0.2) is 11.6 Å². The van der Waals surface area contributed by atoms with Crippen LogP contribution in [0.15, 0.2) is 22.9 Å². The quantitative estimate of drug-likeness (QED) is 0.257. The van der Waals surface area contributed by atoms with E-state index in [0.717, 1.165) is 74.7 Å². The van der Waals surface area contributed by atoms with Crippen molar-refractivity contribution in [3.63, 3.8) is 0 Å². The van der Waals surface area contributed by atoms with Gasteiger partial charge in [0.2, 0.25) is 17.5 Å². The van der Waals surface area contributed by atoms with Crippen LogP contribution in [0.1, 0.15) is 72.7 Å². The molecule has 15 heteroatoms. The number of nitrogens with two attached hydrogens (primary N) is 1. The molecule has 14 nitrogen and oxygen atoms in total. The largest absolute Gasteiger partial charge is 0.473 e. The van der Waals surface area contributed by atoms with Crippen LogP contribution < -0.4 is 21.1 Å². The average Bonchev–Trinajstić information content (AvgIpc) is 3.85. The Morgan fingerprint density at radius 2 is 2.08 bits per heavy atom. The van der Waals surface area contributed by atoms with Crippen LogP contribution in [-0.4, -0.2) is 80.8 Å². The number of aryl methyl sites for hydroxylation is 1. The first kappa shape index (κ1) is 30.8. The second-order valence-corrected chi connectivity index (χ2v) is 14.4. The molecule has 1 unspecified atom stereocenters. The lowest BCUT2D eigenvalue weighted by atomic mass is 9.62. The van der Waals surface area contributed by atoms with Gasteiger partial charge in [-0.25, -0.2) is 14.5 Å². The van der Waals surface area contributed by atoms with Crippen molar-refractivity contribution in [1.29, 1.82) is 5.26 Å². The number of nitrogens with one attached hydrogen (secondary N) is 2. The van der Waals surface area contributed by atoms with E-state index in [1.165, 1.54) is 16.2 Å². The van der Waals surface area contributed by atoms with Gasteiger partial charge in [-0.15, -0.1) is 16.4 Å². The van der Waals surface area contributed by atoms with Crippen LogP contribution >= 0.6 is 11.3 Å². The monoisotopic (exact) mass is 670 g/mol. The number of aromatic nitrogens is 5. The van der Waals surface area contributed by atoms with E-state index in [4.69, 9.17) is 34.9 Å². The summed E-state index contributed by atoms with van der Waals surface area (Å²) in [5.74, 6) is 2.04. The lowest BCUT2D eigenvalue weighted by molar-refractivity contribution is 0.000730. The molecule has 0 saturated carbocycles. The first-order chi connectivity index (χ1) is 23.3. The highest BCUT2D eigenvalue weighted by Gasteiger charge is 2.48. The molecule has 2 aliphatic carbocycles. The maximum atomic E-state index is 12.5. The van der Waals surface area contributed by atoms with E-state index in [-0.39, 0.29) is 24.2 Å². The maximum absolute atomic E-state index is 12.5. The highest BCUT2D eigenvalue weighted by Crippen LogP contribution is 2.54. The predicted molar refractivity (Wildman–Crippen MR) is 177 cm³/mol. The van der Waals surface area contributed by atoms with Crippen molar-refractivity contribution in [2.24, 2.45) is 0 Å². The van der Waals surface area contributed by atoms with Crippen LogP contribution in [0.3, 0.4) is 0 Å².